The number of rotatable bonds is 5. The number of aromatic nitrogens is 2. The van der Waals surface area contributed by atoms with Crippen LogP contribution in [0.4, 0.5) is 0 Å². The molecule has 1 N–H and O–H groups in total. The number of benzene rings is 2. The molecule has 4 nitrogen and oxygen atoms in total. The molecule has 24 heavy (non-hydrogen) atoms. The topological polar surface area (TPSA) is 46.9 Å². The molecule has 0 unspecified atom stereocenters. The largest absolute Gasteiger partial charge is 0.355 e. The van der Waals surface area contributed by atoms with Gasteiger partial charge in [0.2, 0.25) is 5.91 Å². The lowest BCUT2D eigenvalue weighted by atomic mass is 10.2. The first-order chi connectivity index (χ1) is 11.6. The minimum atomic E-state index is -0.0497. The van der Waals surface area contributed by atoms with Crippen molar-refractivity contribution in [3.8, 4) is 11.4 Å². The van der Waals surface area contributed by atoms with Crippen molar-refractivity contribution < 1.29 is 4.79 Å². The Hall–Kier alpha value is -2.04. The maximum atomic E-state index is 12.2. The van der Waals surface area contributed by atoms with Crippen LogP contribution in [0.1, 0.15) is 13.3 Å². The van der Waals surface area contributed by atoms with Crippen LogP contribution in [0.15, 0.2) is 42.5 Å². The van der Waals surface area contributed by atoms with Crippen molar-refractivity contribution in [3.05, 3.63) is 52.5 Å². The van der Waals surface area contributed by atoms with Gasteiger partial charge in [0, 0.05) is 17.1 Å². The SMILES string of the molecule is CCCNC(=O)Cn1c(-c2ccc(Cl)cc2Cl)nc2ccccc21. The van der Waals surface area contributed by atoms with Crippen molar-refractivity contribution in [3.63, 3.8) is 0 Å². The van der Waals surface area contributed by atoms with Crippen molar-refractivity contribution in [2.75, 3.05) is 6.54 Å². The lowest BCUT2D eigenvalue weighted by Gasteiger charge is -2.11. The maximum Gasteiger partial charge on any atom is 0.240 e. The molecule has 0 aliphatic heterocycles. The number of carbonyl (C=O) groups excluding carboxylic acids is 1. The maximum absolute atomic E-state index is 12.2. The van der Waals surface area contributed by atoms with E-state index in [0.717, 1.165) is 23.0 Å². The van der Waals surface area contributed by atoms with Crippen LogP contribution in [0.3, 0.4) is 0 Å². The average Bonchev–Trinajstić information content (AvgIpc) is 2.91. The first-order valence-electron chi connectivity index (χ1n) is 7.77. The second-order valence-corrected chi connectivity index (χ2v) is 6.33. The van der Waals surface area contributed by atoms with Gasteiger partial charge in [-0.1, -0.05) is 42.3 Å². The highest BCUT2D eigenvalue weighted by Gasteiger charge is 2.17. The van der Waals surface area contributed by atoms with Crippen LogP contribution in [0.5, 0.6) is 0 Å². The molecule has 3 aromatic rings. The van der Waals surface area contributed by atoms with Gasteiger partial charge in [-0.2, -0.15) is 0 Å². The summed E-state index contributed by atoms with van der Waals surface area (Å²) in [6.07, 6.45) is 0.895. The van der Waals surface area contributed by atoms with Crippen molar-refractivity contribution in [1.29, 1.82) is 0 Å². The summed E-state index contributed by atoms with van der Waals surface area (Å²) in [5, 5.41) is 3.97. The molecule has 0 aliphatic rings. The molecule has 0 spiro atoms. The minimum absolute atomic E-state index is 0.0497. The zero-order valence-electron chi connectivity index (χ0n) is 13.2. The molecule has 2 aromatic carbocycles. The van der Waals surface area contributed by atoms with E-state index in [1.165, 1.54) is 0 Å². The zero-order chi connectivity index (χ0) is 17.1. The van der Waals surface area contributed by atoms with Crippen LogP contribution in [-0.4, -0.2) is 22.0 Å². The molecule has 0 saturated heterocycles. The fourth-order valence-corrected chi connectivity index (χ4v) is 3.07. The van der Waals surface area contributed by atoms with E-state index < -0.39 is 0 Å². The highest BCUT2D eigenvalue weighted by atomic mass is 35.5. The molecular weight excluding hydrogens is 345 g/mol. The van der Waals surface area contributed by atoms with Gasteiger partial charge in [-0.05, 0) is 36.8 Å². The molecule has 0 aliphatic carbocycles. The van der Waals surface area contributed by atoms with E-state index in [9.17, 15) is 4.79 Å². The highest BCUT2D eigenvalue weighted by Crippen LogP contribution is 2.32. The van der Waals surface area contributed by atoms with Crippen molar-refractivity contribution in [2.45, 2.75) is 19.9 Å². The summed E-state index contributed by atoms with van der Waals surface area (Å²) in [5.41, 5.74) is 2.47. The van der Waals surface area contributed by atoms with Crippen LogP contribution < -0.4 is 5.32 Å². The van der Waals surface area contributed by atoms with Gasteiger partial charge in [-0.25, -0.2) is 4.98 Å². The summed E-state index contributed by atoms with van der Waals surface area (Å²) in [6.45, 7) is 2.86. The molecule has 0 fully saturated rings. The number of hydrogen-bond acceptors (Lipinski definition) is 2. The number of para-hydroxylation sites is 2. The van der Waals surface area contributed by atoms with E-state index >= 15 is 0 Å². The first-order valence-corrected chi connectivity index (χ1v) is 8.53. The second-order valence-electron chi connectivity index (χ2n) is 5.48. The van der Waals surface area contributed by atoms with Crippen LogP contribution >= 0.6 is 23.2 Å². The van der Waals surface area contributed by atoms with E-state index in [1.54, 1.807) is 12.1 Å². The van der Waals surface area contributed by atoms with E-state index in [4.69, 9.17) is 23.2 Å². The normalized spacial score (nSPS) is 11.0. The molecule has 0 atom stereocenters. The second kappa shape index (κ2) is 7.24. The Morgan fingerprint density at radius 3 is 2.75 bits per heavy atom. The number of hydrogen-bond donors (Lipinski definition) is 1. The van der Waals surface area contributed by atoms with E-state index in [2.05, 4.69) is 10.3 Å². The third-order valence-electron chi connectivity index (χ3n) is 3.70. The highest BCUT2D eigenvalue weighted by molar-refractivity contribution is 6.36. The van der Waals surface area contributed by atoms with Crippen molar-refractivity contribution in [1.82, 2.24) is 14.9 Å². The van der Waals surface area contributed by atoms with E-state index in [-0.39, 0.29) is 12.5 Å². The number of nitrogens with one attached hydrogen (secondary N) is 1. The summed E-state index contributed by atoms with van der Waals surface area (Å²) in [6, 6.07) is 13.0. The summed E-state index contributed by atoms with van der Waals surface area (Å²) in [4.78, 5) is 16.9. The predicted octanol–water partition coefficient (Wildman–Crippen LogP) is 4.54. The third-order valence-corrected chi connectivity index (χ3v) is 4.25. The number of amides is 1. The van der Waals surface area contributed by atoms with Gasteiger partial charge < -0.3 is 9.88 Å². The third kappa shape index (κ3) is 3.40. The molecule has 1 heterocycles. The molecule has 0 bridgehead atoms. The van der Waals surface area contributed by atoms with Gasteiger partial charge in [0.15, 0.2) is 0 Å². The van der Waals surface area contributed by atoms with E-state index in [1.807, 2.05) is 41.8 Å². The molecule has 0 saturated carbocycles. The molecule has 1 aromatic heterocycles. The predicted molar refractivity (Wildman–Crippen MR) is 98.5 cm³/mol. The Balaban J connectivity index is 2.09. The number of fused-ring (bicyclic) bond motifs is 1. The lowest BCUT2D eigenvalue weighted by molar-refractivity contribution is -0.121. The van der Waals surface area contributed by atoms with Crippen LogP contribution in [0.2, 0.25) is 10.0 Å². The molecule has 0 radical (unpaired) electrons. The average molecular weight is 362 g/mol. The van der Waals surface area contributed by atoms with Gasteiger partial charge in [0.25, 0.3) is 0 Å². The summed E-state index contributed by atoms with van der Waals surface area (Å²) in [5.74, 6) is 0.607. The smallest absolute Gasteiger partial charge is 0.240 e. The van der Waals surface area contributed by atoms with Crippen LogP contribution in [-0.2, 0) is 11.3 Å². The Morgan fingerprint density at radius 1 is 1.21 bits per heavy atom. The van der Waals surface area contributed by atoms with Crippen molar-refractivity contribution in [2.24, 2.45) is 0 Å². The van der Waals surface area contributed by atoms with Gasteiger partial charge in [0.05, 0.1) is 16.1 Å². The fourth-order valence-electron chi connectivity index (χ4n) is 2.58. The van der Waals surface area contributed by atoms with Gasteiger partial charge in [-0.15, -0.1) is 0 Å². The Bertz CT molecular complexity index is 889. The lowest BCUT2D eigenvalue weighted by Crippen LogP contribution is -2.28. The van der Waals surface area contributed by atoms with Crippen LogP contribution in [0.25, 0.3) is 22.4 Å². The van der Waals surface area contributed by atoms with Crippen LogP contribution in [0, 0.1) is 0 Å². The molecule has 3 rings (SSSR count). The first kappa shape index (κ1) is 16.8. The van der Waals surface area contributed by atoms with E-state index in [0.29, 0.717) is 22.4 Å². The van der Waals surface area contributed by atoms with Gasteiger partial charge >= 0.3 is 0 Å². The number of carbonyl (C=O) groups is 1. The summed E-state index contributed by atoms with van der Waals surface area (Å²) >= 11 is 12.3. The number of halogens is 2. The van der Waals surface area contributed by atoms with Gasteiger partial charge in [-0.3, -0.25) is 4.79 Å². The number of nitrogens with zero attached hydrogens (tertiary/aromatic N) is 2. The Labute approximate surface area is 150 Å². The Morgan fingerprint density at radius 2 is 2.00 bits per heavy atom. The van der Waals surface area contributed by atoms with Crippen molar-refractivity contribution >= 4 is 40.1 Å². The molecular formula is C18H17Cl2N3O. The number of imidazole rings is 1. The Kier molecular flexibility index (Phi) is 5.07. The standard InChI is InChI=1S/C18H17Cl2N3O/c1-2-9-21-17(24)11-23-16-6-4-3-5-15(16)22-18(23)13-8-7-12(19)10-14(13)20/h3-8,10H,2,9,11H2,1H3,(H,21,24). The molecule has 124 valence electrons. The fraction of sp³-hybridized carbons (Fsp3) is 0.222. The van der Waals surface area contributed by atoms with Gasteiger partial charge in [0.1, 0.15) is 12.4 Å². The minimum Gasteiger partial charge on any atom is -0.355 e. The summed E-state index contributed by atoms with van der Waals surface area (Å²) < 4.78 is 1.88. The monoisotopic (exact) mass is 361 g/mol. The zero-order valence-corrected chi connectivity index (χ0v) is 14.7. The summed E-state index contributed by atoms with van der Waals surface area (Å²) in [7, 11) is 0. The molecule has 1 amide bonds. The molecule has 6 heteroatoms. The quantitative estimate of drug-likeness (QED) is 0.725.